The summed E-state index contributed by atoms with van der Waals surface area (Å²) in [6.07, 6.45) is 9.57. The third-order valence-electron chi connectivity index (χ3n) is 3.10. The Labute approximate surface area is 94.3 Å². The average Bonchev–Trinajstić information content (AvgIpc) is 2.71. The van der Waals surface area contributed by atoms with Crippen LogP contribution in [0.5, 0.6) is 0 Å². The molecule has 2 atom stereocenters. The zero-order valence-corrected chi connectivity index (χ0v) is 10.3. The van der Waals surface area contributed by atoms with E-state index in [1.165, 1.54) is 38.5 Å². The first-order valence-electron chi connectivity index (χ1n) is 6.60. The van der Waals surface area contributed by atoms with E-state index >= 15 is 0 Å². The minimum atomic E-state index is 0.376. The second-order valence-corrected chi connectivity index (χ2v) is 4.50. The van der Waals surface area contributed by atoms with Crippen LogP contribution in [0.2, 0.25) is 0 Å². The topological polar surface area (TPSA) is 18.5 Å². The normalized spacial score (nSPS) is 26.0. The van der Waals surface area contributed by atoms with Gasteiger partial charge in [-0.25, -0.2) is 0 Å². The first-order valence-corrected chi connectivity index (χ1v) is 6.60. The van der Waals surface area contributed by atoms with Crippen LogP contribution >= 0.6 is 0 Å². The van der Waals surface area contributed by atoms with Gasteiger partial charge in [0.25, 0.3) is 0 Å². The van der Waals surface area contributed by atoms with Gasteiger partial charge in [-0.3, -0.25) is 0 Å². The second kappa shape index (κ2) is 8.12. The van der Waals surface area contributed by atoms with E-state index in [0.717, 1.165) is 19.6 Å². The molecule has 0 N–H and O–H groups in total. The zero-order chi connectivity index (χ0) is 10.9. The van der Waals surface area contributed by atoms with Crippen molar-refractivity contribution in [2.45, 2.75) is 71.0 Å². The standard InChI is InChI=1S/C13H26O2/c1-3-5-6-7-10-14-11-13-9-8-12(4-2)15-13/h12-13H,3-11H2,1-2H3/t12-,13+/m1/s1. The van der Waals surface area contributed by atoms with Crippen LogP contribution in [0.3, 0.4) is 0 Å². The maximum absolute atomic E-state index is 5.81. The van der Waals surface area contributed by atoms with Crippen molar-refractivity contribution in [2.75, 3.05) is 13.2 Å². The van der Waals surface area contributed by atoms with Crippen molar-refractivity contribution in [3.8, 4) is 0 Å². The van der Waals surface area contributed by atoms with E-state index < -0.39 is 0 Å². The van der Waals surface area contributed by atoms with Crippen LogP contribution in [0, 0.1) is 0 Å². The van der Waals surface area contributed by atoms with Gasteiger partial charge in [-0.1, -0.05) is 33.1 Å². The molecule has 0 aromatic carbocycles. The van der Waals surface area contributed by atoms with Gasteiger partial charge in [0.2, 0.25) is 0 Å². The molecule has 1 saturated heterocycles. The Bertz CT molecular complexity index is 147. The molecule has 0 spiro atoms. The van der Waals surface area contributed by atoms with Crippen LogP contribution in [-0.4, -0.2) is 25.4 Å². The summed E-state index contributed by atoms with van der Waals surface area (Å²) in [5.74, 6) is 0. The summed E-state index contributed by atoms with van der Waals surface area (Å²) in [7, 11) is 0. The maximum Gasteiger partial charge on any atom is 0.0813 e. The summed E-state index contributed by atoms with van der Waals surface area (Å²) in [6.45, 7) is 6.15. The van der Waals surface area contributed by atoms with E-state index in [-0.39, 0.29) is 0 Å². The average molecular weight is 214 g/mol. The predicted octanol–water partition coefficient (Wildman–Crippen LogP) is 3.54. The van der Waals surface area contributed by atoms with E-state index in [1.807, 2.05) is 0 Å². The fraction of sp³-hybridized carbons (Fsp3) is 1.00. The lowest BCUT2D eigenvalue weighted by atomic mass is 10.2. The molecule has 0 unspecified atom stereocenters. The SMILES string of the molecule is CCCCCCOC[C@@H]1CC[C@@H](CC)O1. The van der Waals surface area contributed by atoms with Crippen molar-refractivity contribution in [3.63, 3.8) is 0 Å². The van der Waals surface area contributed by atoms with Gasteiger partial charge >= 0.3 is 0 Å². The van der Waals surface area contributed by atoms with Crippen molar-refractivity contribution in [1.82, 2.24) is 0 Å². The third kappa shape index (κ3) is 5.53. The molecule has 2 nitrogen and oxygen atoms in total. The molecule has 90 valence electrons. The molecular weight excluding hydrogens is 188 g/mol. The molecular formula is C13H26O2. The highest BCUT2D eigenvalue weighted by atomic mass is 16.5. The molecule has 1 heterocycles. The van der Waals surface area contributed by atoms with Gasteiger partial charge < -0.3 is 9.47 Å². The van der Waals surface area contributed by atoms with E-state index in [9.17, 15) is 0 Å². The van der Waals surface area contributed by atoms with Crippen LogP contribution < -0.4 is 0 Å². The summed E-state index contributed by atoms with van der Waals surface area (Å²) in [4.78, 5) is 0. The number of hydrogen-bond donors (Lipinski definition) is 0. The zero-order valence-electron chi connectivity index (χ0n) is 10.3. The highest BCUT2D eigenvalue weighted by molar-refractivity contribution is 4.71. The molecule has 1 fully saturated rings. The summed E-state index contributed by atoms with van der Waals surface area (Å²) >= 11 is 0. The smallest absolute Gasteiger partial charge is 0.0813 e. The van der Waals surface area contributed by atoms with E-state index in [0.29, 0.717) is 12.2 Å². The molecule has 1 aliphatic heterocycles. The van der Waals surface area contributed by atoms with Crippen LogP contribution in [0.15, 0.2) is 0 Å². The van der Waals surface area contributed by atoms with Gasteiger partial charge in [0.05, 0.1) is 18.8 Å². The van der Waals surface area contributed by atoms with Crippen LogP contribution in [0.4, 0.5) is 0 Å². The number of ether oxygens (including phenoxy) is 2. The van der Waals surface area contributed by atoms with Crippen molar-refractivity contribution < 1.29 is 9.47 Å². The molecule has 15 heavy (non-hydrogen) atoms. The molecule has 0 aliphatic carbocycles. The van der Waals surface area contributed by atoms with Gasteiger partial charge in [0.1, 0.15) is 0 Å². The molecule has 0 radical (unpaired) electrons. The lowest BCUT2D eigenvalue weighted by Gasteiger charge is -2.12. The highest BCUT2D eigenvalue weighted by Gasteiger charge is 2.23. The van der Waals surface area contributed by atoms with E-state index in [2.05, 4.69) is 13.8 Å². The molecule has 2 heteroatoms. The first kappa shape index (κ1) is 13.0. The molecule has 0 saturated carbocycles. The fourth-order valence-electron chi connectivity index (χ4n) is 2.05. The number of hydrogen-bond acceptors (Lipinski definition) is 2. The Kier molecular flexibility index (Phi) is 7.03. The Morgan fingerprint density at radius 2 is 1.87 bits per heavy atom. The second-order valence-electron chi connectivity index (χ2n) is 4.50. The minimum absolute atomic E-state index is 0.376. The van der Waals surface area contributed by atoms with Crippen molar-refractivity contribution in [1.29, 1.82) is 0 Å². The Morgan fingerprint density at radius 3 is 2.53 bits per heavy atom. The van der Waals surface area contributed by atoms with Crippen molar-refractivity contribution >= 4 is 0 Å². The molecule has 0 aromatic heterocycles. The summed E-state index contributed by atoms with van der Waals surface area (Å²) < 4.78 is 11.4. The molecule has 0 aromatic rings. The Hall–Kier alpha value is -0.0800. The lowest BCUT2D eigenvalue weighted by molar-refractivity contribution is -0.0163. The van der Waals surface area contributed by atoms with Gasteiger partial charge in [-0.2, -0.15) is 0 Å². The van der Waals surface area contributed by atoms with Gasteiger partial charge in [0.15, 0.2) is 0 Å². The maximum atomic E-state index is 5.81. The van der Waals surface area contributed by atoms with E-state index in [1.54, 1.807) is 0 Å². The Balaban J connectivity index is 1.88. The van der Waals surface area contributed by atoms with Crippen LogP contribution in [0.25, 0.3) is 0 Å². The summed E-state index contributed by atoms with van der Waals surface area (Å²) in [6, 6.07) is 0. The molecule has 0 amide bonds. The predicted molar refractivity (Wildman–Crippen MR) is 63.1 cm³/mol. The Morgan fingerprint density at radius 1 is 1.07 bits per heavy atom. The van der Waals surface area contributed by atoms with Crippen molar-refractivity contribution in [2.24, 2.45) is 0 Å². The lowest BCUT2D eigenvalue weighted by Crippen LogP contribution is -2.17. The summed E-state index contributed by atoms with van der Waals surface area (Å²) in [5, 5.41) is 0. The third-order valence-corrected chi connectivity index (χ3v) is 3.10. The number of rotatable bonds is 8. The molecule has 0 bridgehead atoms. The van der Waals surface area contributed by atoms with Crippen LogP contribution in [0.1, 0.15) is 58.8 Å². The molecule has 1 aliphatic rings. The first-order chi connectivity index (χ1) is 7.36. The largest absolute Gasteiger partial charge is 0.379 e. The summed E-state index contributed by atoms with van der Waals surface area (Å²) in [5.41, 5.74) is 0. The van der Waals surface area contributed by atoms with Crippen molar-refractivity contribution in [3.05, 3.63) is 0 Å². The van der Waals surface area contributed by atoms with Gasteiger partial charge in [-0.05, 0) is 25.7 Å². The van der Waals surface area contributed by atoms with Gasteiger partial charge in [-0.15, -0.1) is 0 Å². The highest BCUT2D eigenvalue weighted by Crippen LogP contribution is 2.21. The minimum Gasteiger partial charge on any atom is -0.379 e. The monoisotopic (exact) mass is 214 g/mol. The molecule has 1 rings (SSSR count). The van der Waals surface area contributed by atoms with E-state index in [4.69, 9.17) is 9.47 Å². The fourth-order valence-corrected chi connectivity index (χ4v) is 2.05. The number of unbranched alkanes of at least 4 members (excludes halogenated alkanes) is 3. The quantitative estimate of drug-likeness (QED) is 0.575. The van der Waals surface area contributed by atoms with Gasteiger partial charge in [0, 0.05) is 6.61 Å². The van der Waals surface area contributed by atoms with Crippen LogP contribution in [-0.2, 0) is 9.47 Å².